The van der Waals surface area contributed by atoms with Crippen LogP contribution in [0.5, 0.6) is 0 Å². The van der Waals surface area contributed by atoms with Crippen molar-refractivity contribution in [3.05, 3.63) is 0 Å². The van der Waals surface area contributed by atoms with Crippen molar-refractivity contribution in [3.8, 4) is 0 Å². The molecule has 0 atom stereocenters. The van der Waals surface area contributed by atoms with Crippen molar-refractivity contribution >= 4 is 0 Å². The molecule has 1 rings (SSSR count). The second-order valence-corrected chi connectivity index (χ2v) is 3.70. The van der Waals surface area contributed by atoms with E-state index in [0.29, 0.717) is 5.92 Å². The summed E-state index contributed by atoms with van der Waals surface area (Å²) in [6.07, 6.45) is 0. The molecule has 0 aromatic rings. The van der Waals surface area contributed by atoms with Crippen LogP contribution < -0.4 is 0 Å². The minimum absolute atomic E-state index is 0.467. The lowest BCUT2D eigenvalue weighted by atomic mass is 9.84. The highest BCUT2D eigenvalue weighted by atomic mass is 16.3. The Hall–Kier alpha value is -0.0800. The largest absolute Gasteiger partial charge is 0.390 e. The normalized spacial score (nSPS) is 22.8. The van der Waals surface area contributed by atoms with Crippen molar-refractivity contribution in [1.29, 1.82) is 0 Å². The van der Waals surface area contributed by atoms with Crippen molar-refractivity contribution in [2.24, 2.45) is 5.92 Å². The van der Waals surface area contributed by atoms with Gasteiger partial charge in [-0.25, -0.2) is 0 Å². The average Bonchev–Trinajstić information content (AvgIpc) is 1.57. The molecule has 1 saturated heterocycles. The van der Waals surface area contributed by atoms with E-state index in [9.17, 15) is 5.11 Å². The van der Waals surface area contributed by atoms with E-state index in [0.717, 1.165) is 19.6 Å². The fourth-order valence-electron chi connectivity index (χ4n) is 1.27. The quantitative estimate of drug-likeness (QED) is 0.615. The maximum atomic E-state index is 9.52. The first kappa shape index (κ1) is 8.02. The summed E-state index contributed by atoms with van der Waals surface area (Å²) in [5.74, 6) is 0.493. The zero-order valence-corrected chi connectivity index (χ0v) is 7.09. The van der Waals surface area contributed by atoms with Gasteiger partial charge in [-0.05, 0) is 20.4 Å². The smallest absolute Gasteiger partial charge is 0.0644 e. The SMILES string of the molecule is CCN1CC(C(C)(C)O)C1. The molecule has 1 aliphatic heterocycles. The third-order valence-corrected chi connectivity index (χ3v) is 2.40. The molecule has 1 aliphatic rings. The number of hydrogen-bond acceptors (Lipinski definition) is 2. The minimum Gasteiger partial charge on any atom is -0.390 e. The molecule has 2 heteroatoms. The van der Waals surface area contributed by atoms with E-state index < -0.39 is 5.60 Å². The van der Waals surface area contributed by atoms with Crippen LogP contribution in [0.25, 0.3) is 0 Å². The van der Waals surface area contributed by atoms with Gasteiger partial charge in [-0.15, -0.1) is 0 Å². The van der Waals surface area contributed by atoms with Crippen LogP contribution in [0.4, 0.5) is 0 Å². The van der Waals surface area contributed by atoms with Gasteiger partial charge in [0.05, 0.1) is 5.60 Å². The van der Waals surface area contributed by atoms with Crippen LogP contribution in [0.3, 0.4) is 0 Å². The van der Waals surface area contributed by atoms with Gasteiger partial charge in [0, 0.05) is 19.0 Å². The van der Waals surface area contributed by atoms with Crippen LogP contribution in [0.1, 0.15) is 20.8 Å². The predicted octanol–water partition coefficient (Wildman–Crippen LogP) is 0.709. The summed E-state index contributed by atoms with van der Waals surface area (Å²) in [5, 5.41) is 9.52. The summed E-state index contributed by atoms with van der Waals surface area (Å²) >= 11 is 0. The van der Waals surface area contributed by atoms with Crippen LogP contribution >= 0.6 is 0 Å². The molecular weight excluding hydrogens is 126 g/mol. The minimum atomic E-state index is -0.467. The molecule has 0 saturated carbocycles. The standard InChI is InChI=1S/C8H17NO/c1-4-9-5-7(6-9)8(2,3)10/h7,10H,4-6H2,1-3H3. The summed E-state index contributed by atoms with van der Waals surface area (Å²) < 4.78 is 0. The maximum Gasteiger partial charge on any atom is 0.0644 e. The van der Waals surface area contributed by atoms with E-state index in [1.54, 1.807) is 0 Å². The Bertz CT molecular complexity index is 111. The molecule has 0 aromatic heterocycles. The van der Waals surface area contributed by atoms with E-state index in [4.69, 9.17) is 0 Å². The van der Waals surface area contributed by atoms with E-state index in [1.165, 1.54) is 0 Å². The van der Waals surface area contributed by atoms with Crippen LogP contribution in [0, 0.1) is 5.92 Å². The predicted molar refractivity (Wildman–Crippen MR) is 41.9 cm³/mol. The van der Waals surface area contributed by atoms with Crippen molar-refractivity contribution in [3.63, 3.8) is 0 Å². The Morgan fingerprint density at radius 2 is 2.00 bits per heavy atom. The molecular formula is C8H17NO. The molecule has 0 spiro atoms. The van der Waals surface area contributed by atoms with Gasteiger partial charge in [-0.3, -0.25) is 0 Å². The number of nitrogens with zero attached hydrogens (tertiary/aromatic N) is 1. The highest BCUT2D eigenvalue weighted by molar-refractivity contribution is 4.89. The van der Waals surface area contributed by atoms with Gasteiger partial charge in [-0.2, -0.15) is 0 Å². The van der Waals surface area contributed by atoms with Gasteiger partial charge in [-0.1, -0.05) is 6.92 Å². The Labute approximate surface area is 62.8 Å². The molecule has 10 heavy (non-hydrogen) atoms. The van der Waals surface area contributed by atoms with Gasteiger partial charge in [0.2, 0.25) is 0 Å². The topological polar surface area (TPSA) is 23.5 Å². The van der Waals surface area contributed by atoms with Crippen LogP contribution in [-0.2, 0) is 0 Å². The second-order valence-electron chi connectivity index (χ2n) is 3.70. The molecule has 0 radical (unpaired) electrons. The highest BCUT2D eigenvalue weighted by Gasteiger charge is 2.36. The molecule has 1 heterocycles. The third-order valence-electron chi connectivity index (χ3n) is 2.40. The molecule has 0 unspecified atom stereocenters. The van der Waals surface area contributed by atoms with Gasteiger partial charge in [0.1, 0.15) is 0 Å². The second kappa shape index (κ2) is 2.51. The Balaban J connectivity index is 2.26. The van der Waals surface area contributed by atoms with Crippen LogP contribution in [0.15, 0.2) is 0 Å². The number of likely N-dealkylation sites (tertiary alicyclic amines) is 1. The third kappa shape index (κ3) is 1.50. The fraction of sp³-hybridized carbons (Fsp3) is 1.00. The summed E-state index contributed by atoms with van der Waals surface area (Å²) in [7, 11) is 0. The summed E-state index contributed by atoms with van der Waals surface area (Å²) in [6.45, 7) is 9.20. The highest BCUT2D eigenvalue weighted by Crippen LogP contribution is 2.25. The van der Waals surface area contributed by atoms with Crippen molar-refractivity contribution < 1.29 is 5.11 Å². The first-order valence-corrected chi connectivity index (χ1v) is 3.98. The lowest BCUT2D eigenvalue weighted by Gasteiger charge is -2.44. The van der Waals surface area contributed by atoms with Crippen molar-refractivity contribution in [2.45, 2.75) is 26.4 Å². The Morgan fingerprint density at radius 3 is 2.30 bits per heavy atom. The van der Waals surface area contributed by atoms with Gasteiger partial charge < -0.3 is 10.0 Å². The molecule has 60 valence electrons. The zero-order valence-electron chi connectivity index (χ0n) is 7.09. The van der Waals surface area contributed by atoms with Crippen molar-refractivity contribution in [2.75, 3.05) is 19.6 Å². The molecule has 0 aromatic carbocycles. The Morgan fingerprint density at radius 1 is 1.50 bits per heavy atom. The molecule has 0 amide bonds. The zero-order chi connectivity index (χ0) is 7.78. The molecule has 1 fully saturated rings. The van der Waals surface area contributed by atoms with E-state index >= 15 is 0 Å². The number of aliphatic hydroxyl groups is 1. The number of hydrogen-bond donors (Lipinski definition) is 1. The van der Waals surface area contributed by atoms with E-state index in [1.807, 2.05) is 13.8 Å². The first-order chi connectivity index (χ1) is 4.54. The molecule has 1 N–H and O–H groups in total. The average molecular weight is 143 g/mol. The van der Waals surface area contributed by atoms with Crippen LogP contribution in [0.2, 0.25) is 0 Å². The molecule has 0 bridgehead atoms. The lowest BCUT2D eigenvalue weighted by molar-refractivity contribution is -0.0598. The number of rotatable bonds is 2. The van der Waals surface area contributed by atoms with Gasteiger partial charge >= 0.3 is 0 Å². The van der Waals surface area contributed by atoms with Gasteiger partial charge in [0.15, 0.2) is 0 Å². The molecule has 0 aliphatic carbocycles. The monoisotopic (exact) mass is 143 g/mol. The van der Waals surface area contributed by atoms with Crippen LogP contribution in [-0.4, -0.2) is 35.2 Å². The summed E-state index contributed by atoms with van der Waals surface area (Å²) in [4.78, 5) is 2.34. The lowest BCUT2D eigenvalue weighted by Crippen LogP contribution is -2.55. The Kier molecular flexibility index (Phi) is 2.02. The first-order valence-electron chi connectivity index (χ1n) is 3.98. The van der Waals surface area contributed by atoms with Crippen molar-refractivity contribution in [1.82, 2.24) is 4.90 Å². The van der Waals surface area contributed by atoms with E-state index in [2.05, 4.69) is 11.8 Å². The van der Waals surface area contributed by atoms with E-state index in [-0.39, 0.29) is 0 Å². The summed E-state index contributed by atoms with van der Waals surface area (Å²) in [5.41, 5.74) is -0.467. The fourth-order valence-corrected chi connectivity index (χ4v) is 1.27. The maximum absolute atomic E-state index is 9.52. The summed E-state index contributed by atoms with van der Waals surface area (Å²) in [6, 6.07) is 0. The molecule has 2 nitrogen and oxygen atoms in total. The van der Waals surface area contributed by atoms with Gasteiger partial charge in [0.25, 0.3) is 0 Å².